The van der Waals surface area contributed by atoms with Gasteiger partial charge in [-0.1, -0.05) is 48.5 Å². The maximum atomic E-state index is 14.6. The molecule has 3 aliphatic rings. The summed E-state index contributed by atoms with van der Waals surface area (Å²) in [6.07, 6.45) is 2.27. The number of fused-ring (bicyclic) bond motifs is 4. The molecule has 2 bridgehead atoms. The highest BCUT2D eigenvalue weighted by atomic mass is 19.1. The van der Waals surface area contributed by atoms with Crippen LogP contribution in [0.1, 0.15) is 30.1 Å². The second-order valence-electron chi connectivity index (χ2n) is 10.3. The van der Waals surface area contributed by atoms with Gasteiger partial charge in [0.25, 0.3) is 5.56 Å². The molecule has 0 unspecified atom stereocenters. The van der Waals surface area contributed by atoms with E-state index in [4.69, 9.17) is 0 Å². The summed E-state index contributed by atoms with van der Waals surface area (Å²) in [6.45, 7) is 1.47. The molecule has 6 rings (SSSR count). The number of aliphatic hydroxyl groups excluding tert-OH is 1. The molecule has 7 heteroatoms. The largest absolute Gasteiger partial charge is 0.396 e. The minimum atomic E-state index is -0.477. The summed E-state index contributed by atoms with van der Waals surface area (Å²) in [5.41, 5.74) is 2.18. The van der Waals surface area contributed by atoms with E-state index in [9.17, 15) is 19.1 Å². The van der Waals surface area contributed by atoms with Gasteiger partial charge in [-0.3, -0.25) is 14.5 Å². The molecule has 1 amide bonds. The van der Waals surface area contributed by atoms with E-state index < -0.39 is 11.7 Å². The van der Waals surface area contributed by atoms with E-state index in [2.05, 4.69) is 22.3 Å². The van der Waals surface area contributed by atoms with Crippen LogP contribution < -0.4 is 10.9 Å². The minimum Gasteiger partial charge on any atom is -0.396 e. The second-order valence-corrected chi connectivity index (χ2v) is 10.3. The van der Waals surface area contributed by atoms with Crippen molar-refractivity contribution in [2.75, 3.05) is 13.2 Å². The Morgan fingerprint density at radius 3 is 2.47 bits per heavy atom. The molecule has 2 aliphatic heterocycles. The number of pyridine rings is 1. The summed E-state index contributed by atoms with van der Waals surface area (Å²) >= 11 is 0. The third kappa shape index (κ3) is 3.96. The number of nitrogens with one attached hydrogen (secondary N) is 1. The lowest BCUT2D eigenvalue weighted by molar-refractivity contribution is -0.127. The number of aromatic nitrogens is 1. The number of benzene rings is 2. The van der Waals surface area contributed by atoms with Crippen LogP contribution in [0.15, 0.2) is 71.5 Å². The Balaban J connectivity index is 1.44. The van der Waals surface area contributed by atoms with Crippen molar-refractivity contribution in [1.29, 1.82) is 0 Å². The molecule has 1 saturated heterocycles. The number of amides is 1. The lowest BCUT2D eigenvalue weighted by atomic mass is 9.86. The van der Waals surface area contributed by atoms with Gasteiger partial charge in [0.1, 0.15) is 5.82 Å². The highest BCUT2D eigenvalue weighted by Crippen LogP contribution is 2.49. The molecule has 186 valence electrons. The first-order chi connectivity index (χ1) is 17.6. The lowest BCUT2D eigenvalue weighted by Crippen LogP contribution is -2.46. The van der Waals surface area contributed by atoms with Crippen molar-refractivity contribution in [3.8, 4) is 11.1 Å². The first-order valence-corrected chi connectivity index (χ1v) is 12.7. The van der Waals surface area contributed by atoms with Crippen LogP contribution in [-0.4, -0.2) is 39.7 Å². The van der Waals surface area contributed by atoms with Crippen molar-refractivity contribution in [2.45, 2.75) is 38.0 Å². The molecule has 2 aromatic carbocycles. The topological polar surface area (TPSA) is 74.6 Å². The van der Waals surface area contributed by atoms with Gasteiger partial charge >= 0.3 is 0 Å². The SMILES string of the molecule is O=C(NCC1CC1)[C@H]1[C@H](CO)[C@H]2Cn3c(ccc(-c4ccccc4F)c3=O)[C@@H]1N2Cc1ccccc1. The summed E-state index contributed by atoms with van der Waals surface area (Å²) in [4.78, 5) is 29.5. The molecule has 1 aromatic heterocycles. The molecule has 0 radical (unpaired) electrons. The predicted octanol–water partition coefficient (Wildman–Crippen LogP) is 3.34. The van der Waals surface area contributed by atoms with Gasteiger partial charge in [-0.15, -0.1) is 0 Å². The maximum Gasteiger partial charge on any atom is 0.258 e. The van der Waals surface area contributed by atoms with Crippen LogP contribution >= 0.6 is 0 Å². The Labute approximate surface area is 209 Å². The minimum absolute atomic E-state index is 0.0643. The van der Waals surface area contributed by atoms with Gasteiger partial charge in [0.15, 0.2) is 0 Å². The molecule has 3 heterocycles. The Morgan fingerprint density at radius 2 is 1.75 bits per heavy atom. The average molecular weight is 488 g/mol. The van der Waals surface area contributed by atoms with Crippen LogP contribution in [0.4, 0.5) is 4.39 Å². The van der Waals surface area contributed by atoms with E-state index in [0.29, 0.717) is 31.1 Å². The van der Waals surface area contributed by atoms with Gasteiger partial charge < -0.3 is 15.0 Å². The Hall–Kier alpha value is -3.29. The number of hydrogen-bond acceptors (Lipinski definition) is 4. The molecule has 0 spiro atoms. The molecule has 6 nitrogen and oxygen atoms in total. The first-order valence-electron chi connectivity index (χ1n) is 12.7. The third-order valence-corrected chi connectivity index (χ3v) is 8.11. The molecular weight excluding hydrogens is 457 g/mol. The zero-order valence-corrected chi connectivity index (χ0v) is 20.0. The normalized spacial score (nSPS) is 24.9. The van der Waals surface area contributed by atoms with Crippen molar-refractivity contribution in [3.63, 3.8) is 0 Å². The highest BCUT2D eigenvalue weighted by Gasteiger charge is 2.55. The van der Waals surface area contributed by atoms with Gasteiger partial charge in [0.2, 0.25) is 5.91 Å². The third-order valence-electron chi connectivity index (χ3n) is 8.11. The summed E-state index contributed by atoms with van der Waals surface area (Å²) < 4.78 is 16.3. The quantitative estimate of drug-likeness (QED) is 0.536. The van der Waals surface area contributed by atoms with E-state index >= 15 is 0 Å². The van der Waals surface area contributed by atoms with Crippen LogP contribution in [0.3, 0.4) is 0 Å². The van der Waals surface area contributed by atoms with Crippen LogP contribution in [0.5, 0.6) is 0 Å². The molecule has 1 aliphatic carbocycles. The zero-order chi connectivity index (χ0) is 24.8. The van der Waals surface area contributed by atoms with Crippen LogP contribution in [0.25, 0.3) is 11.1 Å². The summed E-state index contributed by atoms with van der Waals surface area (Å²) in [5.74, 6) is -0.749. The molecule has 36 heavy (non-hydrogen) atoms. The summed E-state index contributed by atoms with van der Waals surface area (Å²) in [6, 6.07) is 19.3. The van der Waals surface area contributed by atoms with Gasteiger partial charge in [-0.05, 0) is 42.5 Å². The van der Waals surface area contributed by atoms with Crippen LogP contribution in [-0.2, 0) is 17.9 Å². The van der Waals surface area contributed by atoms with Gasteiger partial charge in [-0.2, -0.15) is 0 Å². The average Bonchev–Trinajstić information content (AvgIpc) is 3.69. The number of rotatable bonds is 7. The number of carbonyl (C=O) groups is 1. The van der Waals surface area contributed by atoms with E-state index in [1.54, 1.807) is 28.8 Å². The van der Waals surface area contributed by atoms with E-state index in [1.165, 1.54) is 6.07 Å². The van der Waals surface area contributed by atoms with Crippen molar-refractivity contribution in [2.24, 2.45) is 17.8 Å². The number of carbonyl (C=O) groups excluding carboxylic acids is 1. The molecule has 3 aromatic rings. The molecule has 2 N–H and O–H groups in total. The smallest absolute Gasteiger partial charge is 0.258 e. The standard InChI is InChI=1S/C29H30FN3O3/c30-23-9-5-4-8-20(23)21-12-13-24-27-26(28(35)31-14-18-10-11-18)22(17-34)25(16-33(24)29(21)36)32(27)15-19-6-2-1-3-7-19/h1-9,12-13,18,22,25-27,34H,10-11,14-17H2,(H,31,35)/t22-,25-,26+,27+/m1/s1. The molecule has 4 atom stereocenters. The maximum absolute atomic E-state index is 14.6. The lowest BCUT2D eigenvalue weighted by Gasteiger charge is -2.38. The number of halogens is 1. The van der Waals surface area contributed by atoms with E-state index in [0.717, 1.165) is 24.1 Å². The number of aliphatic hydroxyl groups is 1. The summed E-state index contributed by atoms with van der Waals surface area (Å²) in [5, 5.41) is 13.6. The second kappa shape index (κ2) is 9.30. The molecular formula is C29H30FN3O3. The Bertz CT molecular complexity index is 1340. The fourth-order valence-electron chi connectivity index (χ4n) is 6.10. The zero-order valence-electron chi connectivity index (χ0n) is 20.0. The fraction of sp³-hybridized carbons (Fsp3) is 0.379. The molecule has 1 saturated carbocycles. The van der Waals surface area contributed by atoms with Gasteiger partial charge in [-0.25, -0.2) is 4.39 Å². The molecule has 2 fully saturated rings. The van der Waals surface area contributed by atoms with E-state index in [-0.39, 0.29) is 41.6 Å². The van der Waals surface area contributed by atoms with Crippen molar-refractivity contribution < 1.29 is 14.3 Å². The first kappa shape index (κ1) is 23.1. The van der Waals surface area contributed by atoms with Crippen molar-refractivity contribution in [3.05, 3.63) is 94.2 Å². The number of nitrogens with zero attached hydrogens (tertiary/aromatic N) is 2. The monoisotopic (exact) mass is 487 g/mol. The van der Waals surface area contributed by atoms with Crippen molar-refractivity contribution >= 4 is 5.91 Å². The predicted molar refractivity (Wildman–Crippen MR) is 134 cm³/mol. The summed E-state index contributed by atoms with van der Waals surface area (Å²) in [7, 11) is 0. The van der Waals surface area contributed by atoms with Gasteiger partial charge in [0, 0.05) is 49.5 Å². The Morgan fingerprint density at radius 1 is 1.00 bits per heavy atom. The number of hydrogen-bond donors (Lipinski definition) is 2. The fourth-order valence-corrected chi connectivity index (χ4v) is 6.10. The van der Waals surface area contributed by atoms with E-state index in [1.807, 2.05) is 24.3 Å². The highest BCUT2D eigenvalue weighted by molar-refractivity contribution is 5.81. The Kier molecular flexibility index (Phi) is 5.97. The van der Waals surface area contributed by atoms with Crippen molar-refractivity contribution in [1.82, 2.24) is 14.8 Å². The van der Waals surface area contributed by atoms with Gasteiger partial charge in [0.05, 0.1) is 17.5 Å². The van der Waals surface area contributed by atoms with Crippen LogP contribution in [0, 0.1) is 23.6 Å². The van der Waals surface area contributed by atoms with Crippen LogP contribution in [0.2, 0.25) is 0 Å².